The number of nitrogens with zero attached hydrogens (tertiary/aromatic N) is 3. The van der Waals surface area contributed by atoms with Crippen molar-refractivity contribution in [1.82, 2.24) is 14.7 Å². The van der Waals surface area contributed by atoms with Crippen LogP contribution in [0.4, 0.5) is 0 Å². The summed E-state index contributed by atoms with van der Waals surface area (Å²) in [6.07, 6.45) is 8.70. The van der Waals surface area contributed by atoms with Crippen LogP contribution in [0, 0.1) is 6.92 Å². The van der Waals surface area contributed by atoms with Crippen LogP contribution in [0.3, 0.4) is 0 Å². The Morgan fingerprint density at radius 2 is 2.38 bits per heavy atom. The van der Waals surface area contributed by atoms with E-state index in [9.17, 15) is 5.11 Å². The second-order valence-electron chi connectivity index (χ2n) is 6.63. The Balaban J connectivity index is 1.45. The average molecular weight is 333 g/mol. The number of furan rings is 1. The van der Waals surface area contributed by atoms with E-state index >= 15 is 0 Å². The highest BCUT2D eigenvalue weighted by Crippen LogP contribution is 2.19. The first-order valence-corrected chi connectivity index (χ1v) is 8.72. The van der Waals surface area contributed by atoms with Crippen molar-refractivity contribution in [1.29, 1.82) is 0 Å². The number of aliphatic hydroxyl groups excluding tert-OH is 1. The molecule has 0 bridgehead atoms. The van der Waals surface area contributed by atoms with E-state index in [0.29, 0.717) is 25.8 Å². The molecule has 0 unspecified atom stereocenters. The highest BCUT2D eigenvalue weighted by Gasteiger charge is 2.25. The van der Waals surface area contributed by atoms with E-state index in [1.165, 1.54) is 18.4 Å². The van der Waals surface area contributed by atoms with Gasteiger partial charge in [-0.15, -0.1) is 0 Å². The van der Waals surface area contributed by atoms with Gasteiger partial charge in [-0.2, -0.15) is 5.10 Å². The smallest absolute Gasteiger partial charge is 0.129 e. The molecule has 3 heterocycles. The van der Waals surface area contributed by atoms with Crippen LogP contribution in [-0.2, 0) is 17.9 Å². The van der Waals surface area contributed by atoms with Crippen LogP contribution in [0.5, 0.6) is 0 Å². The van der Waals surface area contributed by atoms with E-state index < -0.39 is 6.10 Å². The first kappa shape index (κ1) is 17.2. The highest BCUT2D eigenvalue weighted by atomic mass is 16.5. The molecule has 1 N–H and O–H groups in total. The fraction of sp³-hybridized carbons (Fsp3) is 0.611. The topological polar surface area (TPSA) is 63.7 Å². The third-order valence-corrected chi connectivity index (χ3v) is 4.49. The minimum Gasteiger partial charge on any atom is -0.467 e. The number of ether oxygens (including phenoxy) is 1. The number of hydrogen-bond donors (Lipinski definition) is 1. The standard InChI is InChI=1S/C18H27N3O3/c1-15-9-19-21(10-15)11-16-5-2-3-7-20(16)12-17(22)13-23-14-18-6-4-8-24-18/h4,6,8-10,16-17,22H,2-3,5,7,11-14H2,1H3/t16-,17+/m1/s1. The third kappa shape index (κ3) is 4.93. The molecule has 0 radical (unpaired) electrons. The third-order valence-electron chi connectivity index (χ3n) is 4.49. The van der Waals surface area contributed by atoms with E-state index in [-0.39, 0.29) is 0 Å². The van der Waals surface area contributed by atoms with Crippen LogP contribution in [0.1, 0.15) is 30.6 Å². The largest absolute Gasteiger partial charge is 0.467 e. The van der Waals surface area contributed by atoms with Gasteiger partial charge in [-0.1, -0.05) is 6.42 Å². The summed E-state index contributed by atoms with van der Waals surface area (Å²) in [5, 5.41) is 14.7. The molecule has 0 saturated carbocycles. The Bertz CT molecular complexity index is 596. The van der Waals surface area contributed by atoms with Crippen molar-refractivity contribution in [2.75, 3.05) is 19.7 Å². The molecule has 24 heavy (non-hydrogen) atoms. The van der Waals surface area contributed by atoms with E-state index in [4.69, 9.17) is 9.15 Å². The zero-order valence-electron chi connectivity index (χ0n) is 14.3. The van der Waals surface area contributed by atoms with Gasteiger partial charge in [0, 0.05) is 18.8 Å². The summed E-state index contributed by atoms with van der Waals surface area (Å²) in [6, 6.07) is 4.14. The molecule has 2 aromatic rings. The molecule has 2 aromatic heterocycles. The minimum absolute atomic E-state index is 0.324. The summed E-state index contributed by atoms with van der Waals surface area (Å²) in [4.78, 5) is 2.38. The Labute approximate surface area is 143 Å². The molecule has 6 heteroatoms. The van der Waals surface area contributed by atoms with Gasteiger partial charge in [0.2, 0.25) is 0 Å². The average Bonchev–Trinajstić information content (AvgIpc) is 3.21. The van der Waals surface area contributed by atoms with Gasteiger partial charge in [0.05, 0.1) is 31.7 Å². The monoisotopic (exact) mass is 333 g/mol. The maximum Gasteiger partial charge on any atom is 0.129 e. The Kier molecular flexibility index (Phi) is 6.07. The van der Waals surface area contributed by atoms with Crippen molar-refractivity contribution >= 4 is 0 Å². The lowest BCUT2D eigenvalue weighted by atomic mass is 10.0. The number of β-amino-alcohol motifs (C(OH)–C–C–N with tert-alkyl or cyclic N) is 1. The molecule has 1 aliphatic rings. The van der Waals surface area contributed by atoms with Gasteiger partial charge >= 0.3 is 0 Å². The predicted octanol–water partition coefficient (Wildman–Crippen LogP) is 2.22. The quantitative estimate of drug-likeness (QED) is 0.802. The zero-order valence-corrected chi connectivity index (χ0v) is 14.3. The van der Waals surface area contributed by atoms with Gasteiger partial charge in [0.1, 0.15) is 12.4 Å². The molecule has 0 amide bonds. The lowest BCUT2D eigenvalue weighted by Crippen LogP contribution is -2.46. The first-order valence-electron chi connectivity index (χ1n) is 8.72. The van der Waals surface area contributed by atoms with Crippen LogP contribution < -0.4 is 0 Å². The molecular weight excluding hydrogens is 306 g/mol. The Morgan fingerprint density at radius 3 is 3.12 bits per heavy atom. The van der Waals surface area contributed by atoms with Crippen molar-refractivity contribution in [3.63, 3.8) is 0 Å². The summed E-state index contributed by atoms with van der Waals surface area (Å²) >= 11 is 0. The number of hydrogen-bond acceptors (Lipinski definition) is 5. The van der Waals surface area contributed by atoms with E-state index in [0.717, 1.165) is 25.3 Å². The van der Waals surface area contributed by atoms with Crippen molar-refractivity contribution < 1.29 is 14.3 Å². The lowest BCUT2D eigenvalue weighted by Gasteiger charge is -2.36. The molecular formula is C18H27N3O3. The summed E-state index contributed by atoms with van der Waals surface area (Å²) in [5.74, 6) is 0.784. The number of aryl methyl sites for hydroxylation is 1. The number of aromatic nitrogens is 2. The Morgan fingerprint density at radius 1 is 1.46 bits per heavy atom. The molecule has 0 aliphatic carbocycles. The predicted molar refractivity (Wildman–Crippen MR) is 90.5 cm³/mol. The van der Waals surface area contributed by atoms with Gasteiger partial charge in [-0.25, -0.2) is 0 Å². The first-order chi connectivity index (χ1) is 11.7. The van der Waals surface area contributed by atoms with Gasteiger partial charge in [0.25, 0.3) is 0 Å². The summed E-state index contributed by atoms with van der Waals surface area (Å²) in [5.41, 5.74) is 1.18. The van der Waals surface area contributed by atoms with Gasteiger partial charge < -0.3 is 14.3 Å². The fourth-order valence-electron chi connectivity index (χ4n) is 3.30. The molecule has 6 nitrogen and oxygen atoms in total. The van der Waals surface area contributed by atoms with Crippen molar-refractivity contribution in [3.8, 4) is 0 Å². The van der Waals surface area contributed by atoms with E-state index in [2.05, 4.69) is 23.1 Å². The maximum absolute atomic E-state index is 10.3. The summed E-state index contributed by atoms with van der Waals surface area (Å²) < 4.78 is 12.8. The Hall–Kier alpha value is -1.63. The highest BCUT2D eigenvalue weighted by molar-refractivity contribution is 5.00. The minimum atomic E-state index is -0.486. The van der Waals surface area contributed by atoms with Crippen LogP contribution in [0.2, 0.25) is 0 Å². The molecule has 132 valence electrons. The number of aliphatic hydroxyl groups is 1. The maximum atomic E-state index is 10.3. The van der Waals surface area contributed by atoms with Gasteiger partial charge in [0.15, 0.2) is 0 Å². The van der Waals surface area contributed by atoms with E-state index in [1.807, 2.05) is 23.0 Å². The lowest BCUT2D eigenvalue weighted by molar-refractivity contribution is -0.00928. The van der Waals surface area contributed by atoms with Gasteiger partial charge in [-0.3, -0.25) is 9.58 Å². The second-order valence-corrected chi connectivity index (χ2v) is 6.63. The zero-order chi connectivity index (χ0) is 16.8. The van der Waals surface area contributed by atoms with Crippen LogP contribution in [0.25, 0.3) is 0 Å². The molecule has 1 fully saturated rings. The van der Waals surface area contributed by atoms with Crippen LogP contribution >= 0.6 is 0 Å². The summed E-state index contributed by atoms with van der Waals surface area (Å²) in [6.45, 7) is 5.34. The number of rotatable bonds is 8. The molecule has 1 saturated heterocycles. The summed E-state index contributed by atoms with van der Waals surface area (Å²) in [7, 11) is 0. The van der Waals surface area contributed by atoms with Crippen LogP contribution in [0.15, 0.2) is 35.2 Å². The SMILES string of the molecule is Cc1cnn(C[C@H]2CCCCN2C[C@H](O)COCc2ccco2)c1. The molecule has 0 spiro atoms. The molecule has 2 atom stereocenters. The second kappa shape index (κ2) is 8.46. The number of likely N-dealkylation sites (tertiary alicyclic amines) is 1. The van der Waals surface area contributed by atoms with Crippen LogP contribution in [-0.4, -0.2) is 51.6 Å². The molecule has 1 aliphatic heterocycles. The fourth-order valence-corrected chi connectivity index (χ4v) is 3.30. The van der Waals surface area contributed by atoms with Gasteiger partial charge in [-0.05, 0) is 44.0 Å². The van der Waals surface area contributed by atoms with Crippen molar-refractivity contribution in [2.24, 2.45) is 0 Å². The van der Waals surface area contributed by atoms with Crippen molar-refractivity contribution in [3.05, 3.63) is 42.1 Å². The number of piperidine rings is 1. The van der Waals surface area contributed by atoms with Crippen molar-refractivity contribution in [2.45, 2.75) is 51.5 Å². The van der Waals surface area contributed by atoms with E-state index in [1.54, 1.807) is 6.26 Å². The molecule has 0 aromatic carbocycles. The normalized spacial score (nSPS) is 20.3. The molecule has 3 rings (SSSR count).